The van der Waals surface area contributed by atoms with Gasteiger partial charge in [0.2, 0.25) is 0 Å². The van der Waals surface area contributed by atoms with Crippen LogP contribution in [0.15, 0.2) is 18.2 Å². The van der Waals surface area contributed by atoms with Gasteiger partial charge >= 0.3 is 5.97 Å². The first-order valence-electron chi connectivity index (χ1n) is 6.79. The Morgan fingerprint density at radius 2 is 1.71 bits per heavy atom. The summed E-state index contributed by atoms with van der Waals surface area (Å²) in [7, 11) is 0. The maximum Gasteiger partial charge on any atom is 0.317 e. The maximum atomic E-state index is 10.6. The van der Waals surface area contributed by atoms with Gasteiger partial charge < -0.3 is 9.84 Å². The Labute approximate surface area is 134 Å². The normalized spacial score (nSPS) is 16.9. The van der Waals surface area contributed by atoms with Gasteiger partial charge in [-0.3, -0.25) is 14.6 Å². The van der Waals surface area contributed by atoms with E-state index in [4.69, 9.17) is 33.0 Å². The van der Waals surface area contributed by atoms with Crippen LogP contribution in [0.3, 0.4) is 0 Å². The summed E-state index contributed by atoms with van der Waals surface area (Å²) in [5, 5.41) is 9.77. The van der Waals surface area contributed by atoms with E-state index in [0.717, 1.165) is 32.7 Å². The number of carbonyl (C=O) groups is 1. The SMILES string of the molecule is O=C(O)CN1CCN(CCOc2c(Cl)cccc2Cl)CC1. The molecule has 5 nitrogen and oxygen atoms in total. The van der Waals surface area contributed by atoms with Gasteiger partial charge in [0.25, 0.3) is 0 Å². The predicted octanol–water partition coefficient (Wildman–Crippen LogP) is 2.07. The number of piperazine rings is 1. The van der Waals surface area contributed by atoms with Gasteiger partial charge in [0, 0.05) is 32.7 Å². The Kier molecular flexibility index (Phi) is 6.11. The lowest BCUT2D eigenvalue weighted by Crippen LogP contribution is -2.48. The molecule has 0 spiro atoms. The zero-order valence-electron chi connectivity index (χ0n) is 11.6. The van der Waals surface area contributed by atoms with Gasteiger partial charge in [-0.25, -0.2) is 0 Å². The van der Waals surface area contributed by atoms with Gasteiger partial charge in [-0.2, -0.15) is 0 Å². The third-order valence-electron chi connectivity index (χ3n) is 3.40. The van der Waals surface area contributed by atoms with E-state index in [2.05, 4.69) is 4.90 Å². The fourth-order valence-corrected chi connectivity index (χ4v) is 2.77. The molecule has 116 valence electrons. The molecular formula is C14H18Cl2N2O3. The molecule has 1 N–H and O–H groups in total. The van der Waals surface area contributed by atoms with E-state index in [0.29, 0.717) is 22.4 Å². The quantitative estimate of drug-likeness (QED) is 0.864. The summed E-state index contributed by atoms with van der Waals surface area (Å²) in [6.45, 7) is 4.59. The molecule has 1 aromatic rings. The fourth-order valence-electron chi connectivity index (χ4n) is 2.26. The van der Waals surface area contributed by atoms with Gasteiger partial charge in [0.15, 0.2) is 5.75 Å². The van der Waals surface area contributed by atoms with E-state index >= 15 is 0 Å². The van der Waals surface area contributed by atoms with Crippen LogP contribution < -0.4 is 4.74 Å². The van der Waals surface area contributed by atoms with Crippen LogP contribution in [0.5, 0.6) is 5.75 Å². The molecule has 0 amide bonds. The monoisotopic (exact) mass is 332 g/mol. The first-order chi connectivity index (χ1) is 10.1. The minimum absolute atomic E-state index is 0.111. The van der Waals surface area contributed by atoms with Crippen molar-refractivity contribution in [2.45, 2.75) is 0 Å². The van der Waals surface area contributed by atoms with Gasteiger partial charge in [0.1, 0.15) is 6.61 Å². The number of hydrogen-bond donors (Lipinski definition) is 1. The third-order valence-corrected chi connectivity index (χ3v) is 3.99. The first-order valence-corrected chi connectivity index (χ1v) is 7.55. The molecule has 0 saturated carbocycles. The van der Waals surface area contributed by atoms with Crippen molar-refractivity contribution < 1.29 is 14.6 Å². The Hall–Kier alpha value is -1.01. The zero-order chi connectivity index (χ0) is 15.2. The van der Waals surface area contributed by atoms with Gasteiger partial charge in [-0.15, -0.1) is 0 Å². The molecule has 0 bridgehead atoms. The largest absolute Gasteiger partial charge is 0.489 e. The highest BCUT2D eigenvalue weighted by Crippen LogP contribution is 2.32. The highest BCUT2D eigenvalue weighted by atomic mass is 35.5. The van der Waals surface area contributed by atoms with E-state index in [-0.39, 0.29) is 6.54 Å². The molecular weight excluding hydrogens is 315 g/mol. The van der Waals surface area contributed by atoms with Crippen molar-refractivity contribution in [3.63, 3.8) is 0 Å². The number of hydrogen-bond acceptors (Lipinski definition) is 4. The summed E-state index contributed by atoms with van der Waals surface area (Å²) in [4.78, 5) is 14.8. The molecule has 1 fully saturated rings. The van der Waals surface area contributed by atoms with Crippen molar-refractivity contribution in [2.75, 3.05) is 45.9 Å². The van der Waals surface area contributed by atoms with E-state index in [1.165, 1.54) is 0 Å². The van der Waals surface area contributed by atoms with Crippen LogP contribution >= 0.6 is 23.2 Å². The van der Waals surface area contributed by atoms with Gasteiger partial charge in [-0.05, 0) is 12.1 Å². The smallest absolute Gasteiger partial charge is 0.317 e. The van der Waals surface area contributed by atoms with Crippen LogP contribution in [-0.2, 0) is 4.79 Å². The number of benzene rings is 1. The number of ether oxygens (including phenoxy) is 1. The molecule has 0 atom stereocenters. The predicted molar refractivity (Wildman–Crippen MR) is 82.5 cm³/mol. The van der Waals surface area contributed by atoms with Crippen LogP contribution in [0.2, 0.25) is 10.0 Å². The zero-order valence-corrected chi connectivity index (χ0v) is 13.1. The van der Waals surface area contributed by atoms with Crippen molar-refractivity contribution in [3.8, 4) is 5.75 Å². The number of halogens is 2. The minimum Gasteiger partial charge on any atom is -0.489 e. The Bertz CT molecular complexity index is 471. The molecule has 1 aliphatic heterocycles. The second-order valence-electron chi connectivity index (χ2n) is 4.91. The minimum atomic E-state index is -0.778. The van der Waals surface area contributed by atoms with Crippen molar-refractivity contribution in [2.24, 2.45) is 0 Å². The molecule has 1 aromatic carbocycles. The number of para-hydroxylation sites is 1. The fraction of sp³-hybridized carbons (Fsp3) is 0.500. The highest BCUT2D eigenvalue weighted by Gasteiger charge is 2.18. The second kappa shape index (κ2) is 7.84. The average molecular weight is 333 g/mol. The van der Waals surface area contributed by atoms with Crippen molar-refractivity contribution >= 4 is 29.2 Å². The van der Waals surface area contributed by atoms with Crippen molar-refractivity contribution in [1.29, 1.82) is 0 Å². The summed E-state index contributed by atoms with van der Waals surface area (Å²) >= 11 is 12.1. The van der Waals surface area contributed by atoms with Crippen molar-refractivity contribution in [3.05, 3.63) is 28.2 Å². The number of nitrogens with zero attached hydrogens (tertiary/aromatic N) is 2. The molecule has 2 rings (SSSR count). The number of aliphatic carboxylic acids is 1. The second-order valence-corrected chi connectivity index (χ2v) is 5.73. The van der Waals surface area contributed by atoms with E-state index < -0.39 is 5.97 Å². The summed E-state index contributed by atoms with van der Waals surface area (Å²) in [6.07, 6.45) is 0. The molecule has 0 aliphatic carbocycles. The van der Waals surface area contributed by atoms with Crippen LogP contribution in [0.25, 0.3) is 0 Å². The van der Waals surface area contributed by atoms with Crippen LogP contribution in [0, 0.1) is 0 Å². The third kappa shape index (κ3) is 5.04. The lowest BCUT2D eigenvalue weighted by Gasteiger charge is -2.33. The number of carboxylic acid groups (broad SMARTS) is 1. The molecule has 1 heterocycles. The lowest BCUT2D eigenvalue weighted by atomic mass is 10.3. The summed E-state index contributed by atoms with van der Waals surface area (Å²) in [5.74, 6) is -0.259. The summed E-state index contributed by atoms with van der Waals surface area (Å²) in [6, 6.07) is 5.26. The topological polar surface area (TPSA) is 53.0 Å². The molecule has 1 saturated heterocycles. The standard InChI is InChI=1S/C14H18Cl2N2O3/c15-11-2-1-3-12(16)14(11)21-9-8-17-4-6-18(7-5-17)10-13(19)20/h1-3H,4-10H2,(H,19,20). The van der Waals surface area contributed by atoms with Crippen LogP contribution in [-0.4, -0.2) is 66.8 Å². The van der Waals surface area contributed by atoms with Crippen LogP contribution in [0.4, 0.5) is 0 Å². The Balaban J connectivity index is 1.72. The molecule has 0 unspecified atom stereocenters. The molecule has 7 heteroatoms. The van der Waals surface area contributed by atoms with Crippen LogP contribution in [0.1, 0.15) is 0 Å². The lowest BCUT2D eigenvalue weighted by molar-refractivity contribution is -0.138. The average Bonchev–Trinajstić information content (AvgIpc) is 2.43. The van der Waals surface area contributed by atoms with Gasteiger partial charge in [-0.1, -0.05) is 29.3 Å². The molecule has 21 heavy (non-hydrogen) atoms. The molecule has 0 aromatic heterocycles. The number of carboxylic acids is 1. The van der Waals surface area contributed by atoms with Gasteiger partial charge in [0.05, 0.1) is 16.6 Å². The molecule has 1 aliphatic rings. The molecule has 0 radical (unpaired) electrons. The van der Waals surface area contributed by atoms with E-state index in [9.17, 15) is 4.79 Å². The first kappa shape index (κ1) is 16.4. The summed E-state index contributed by atoms with van der Waals surface area (Å²) < 4.78 is 5.65. The van der Waals surface area contributed by atoms with Crippen molar-refractivity contribution in [1.82, 2.24) is 9.80 Å². The summed E-state index contributed by atoms with van der Waals surface area (Å²) in [5.41, 5.74) is 0. The number of rotatable bonds is 6. The Morgan fingerprint density at radius 1 is 1.14 bits per heavy atom. The Morgan fingerprint density at radius 3 is 2.29 bits per heavy atom. The maximum absolute atomic E-state index is 10.6. The van der Waals surface area contributed by atoms with E-state index in [1.807, 2.05) is 4.90 Å². The highest BCUT2D eigenvalue weighted by molar-refractivity contribution is 6.37. The van der Waals surface area contributed by atoms with E-state index in [1.54, 1.807) is 18.2 Å².